The SMILES string of the molecule is CN1C(=O)N(c2ccc(C#Cc3ccccc3)cn2)C(=O)C[C@@]1(C)c1ccccc1. The van der Waals surface area contributed by atoms with Gasteiger partial charge in [0.1, 0.15) is 5.82 Å². The Kier molecular flexibility index (Phi) is 5.07. The molecule has 0 radical (unpaired) electrons. The summed E-state index contributed by atoms with van der Waals surface area (Å²) in [6.07, 6.45) is 1.76. The second kappa shape index (κ2) is 7.84. The van der Waals surface area contributed by atoms with Crippen LogP contribution in [0.4, 0.5) is 10.6 Å². The van der Waals surface area contributed by atoms with Crippen molar-refractivity contribution in [1.82, 2.24) is 9.88 Å². The van der Waals surface area contributed by atoms with E-state index >= 15 is 0 Å². The summed E-state index contributed by atoms with van der Waals surface area (Å²) in [6.45, 7) is 1.91. The lowest BCUT2D eigenvalue weighted by molar-refractivity contribution is -0.122. The van der Waals surface area contributed by atoms with Gasteiger partial charge in [0.15, 0.2) is 0 Å². The third kappa shape index (κ3) is 3.56. The molecule has 0 spiro atoms. The lowest BCUT2D eigenvalue weighted by Gasteiger charge is -2.45. The first-order valence-corrected chi connectivity index (χ1v) is 9.68. The van der Waals surface area contributed by atoms with Gasteiger partial charge in [-0.15, -0.1) is 0 Å². The number of amides is 3. The minimum absolute atomic E-state index is 0.177. The van der Waals surface area contributed by atoms with E-state index in [-0.39, 0.29) is 12.3 Å². The van der Waals surface area contributed by atoms with Crippen molar-refractivity contribution >= 4 is 17.8 Å². The summed E-state index contributed by atoms with van der Waals surface area (Å²) in [5.41, 5.74) is 1.84. The summed E-state index contributed by atoms with van der Waals surface area (Å²) in [6, 6.07) is 22.3. The molecule has 3 aromatic rings. The number of aromatic nitrogens is 1. The van der Waals surface area contributed by atoms with E-state index in [2.05, 4.69) is 16.8 Å². The molecule has 1 aliphatic rings. The summed E-state index contributed by atoms with van der Waals surface area (Å²) in [5.74, 6) is 6.14. The molecule has 5 nitrogen and oxygen atoms in total. The molecule has 0 aliphatic carbocycles. The van der Waals surface area contributed by atoms with Gasteiger partial charge in [-0.05, 0) is 36.8 Å². The van der Waals surface area contributed by atoms with Crippen molar-refractivity contribution in [3.05, 3.63) is 95.7 Å². The van der Waals surface area contributed by atoms with Gasteiger partial charge in [-0.25, -0.2) is 14.7 Å². The maximum atomic E-state index is 13.1. The van der Waals surface area contributed by atoms with Gasteiger partial charge in [0.05, 0.1) is 12.0 Å². The Morgan fingerprint density at radius 2 is 1.50 bits per heavy atom. The maximum absolute atomic E-state index is 13.1. The Bertz CT molecular complexity index is 1130. The first-order valence-electron chi connectivity index (χ1n) is 9.68. The Morgan fingerprint density at radius 1 is 0.867 bits per heavy atom. The molecule has 0 unspecified atom stereocenters. The van der Waals surface area contributed by atoms with E-state index in [0.29, 0.717) is 11.4 Å². The van der Waals surface area contributed by atoms with Gasteiger partial charge in [0, 0.05) is 24.4 Å². The van der Waals surface area contributed by atoms with Crippen LogP contribution in [0, 0.1) is 11.8 Å². The minimum Gasteiger partial charge on any atom is -0.317 e. The molecule has 1 atom stereocenters. The molecule has 1 aromatic heterocycles. The van der Waals surface area contributed by atoms with Gasteiger partial charge >= 0.3 is 6.03 Å². The van der Waals surface area contributed by atoms with Crippen LogP contribution < -0.4 is 4.90 Å². The number of carbonyl (C=O) groups is 2. The number of hydrogen-bond acceptors (Lipinski definition) is 3. The molecular weight excluding hydrogens is 374 g/mol. The van der Waals surface area contributed by atoms with Crippen LogP contribution in [-0.4, -0.2) is 28.9 Å². The highest BCUT2D eigenvalue weighted by atomic mass is 16.2. The highest BCUT2D eigenvalue weighted by Crippen LogP contribution is 2.37. The van der Waals surface area contributed by atoms with E-state index in [1.807, 2.05) is 67.6 Å². The van der Waals surface area contributed by atoms with E-state index in [0.717, 1.165) is 16.0 Å². The molecule has 5 heteroatoms. The van der Waals surface area contributed by atoms with E-state index in [4.69, 9.17) is 0 Å². The molecule has 1 aliphatic heterocycles. The molecule has 4 rings (SSSR count). The van der Waals surface area contributed by atoms with Gasteiger partial charge in [-0.3, -0.25) is 4.79 Å². The standard InChI is InChI=1S/C25H21N3O2/c1-25(21-11-7-4-8-12-21)17-23(29)28(24(30)27(25)2)22-16-15-20(18-26-22)14-13-19-9-5-3-6-10-19/h3-12,15-16,18H,17H2,1-2H3/t25-/m0/s1. The molecule has 2 aromatic carbocycles. The zero-order valence-corrected chi connectivity index (χ0v) is 16.9. The van der Waals surface area contributed by atoms with Gasteiger partial charge in [0.25, 0.3) is 0 Å². The third-order valence-electron chi connectivity index (χ3n) is 5.46. The first kappa shape index (κ1) is 19.4. The molecule has 0 bridgehead atoms. The average molecular weight is 395 g/mol. The zero-order valence-electron chi connectivity index (χ0n) is 16.9. The summed E-state index contributed by atoms with van der Waals surface area (Å²) >= 11 is 0. The van der Waals surface area contributed by atoms with Crippen molar-refractivity contribution < 1.29 is 9.59 Å². The molecule has 0 N–H and O–H groups in total. The number of rotatable bonds is 2. The van der Waals surface area contributed by atoms with Gasteiger partial charge in [-0.1, -0.05) is 60.4 Å². The summed E-state index contributed by atoms with van der Waals surface area (Å²) < 4.78 is 0. The maximum Gasteiger partial charge on any atom is 0.333 e. The van der Waals surface area contributed by atoms with E-state index in [1.54, 1.807) is 30.3 Å². The van der Waals surface area contributed by atoms with Crippen molar-refractivity contribution in [2.75, 3.05) is 11.9 Å². The number of anilines is 1. The molecule has 3 amide bonds. The van der Waals surface area contributed by atoms with E-state index in [1.165, 1.54) is 0 Å². The average Bonchev–Trinajstić information content (AvgIpc) is 2.78. The molecule has 148 valence electrons. The predicted molar refractivity (Wildman–Crippen MR) is 116 cm³/mol. The lowest BCUT2D eigenvalue weighted by Crippen LogP contribution is -2.60. The quantitative estimate of drug-likeness (QED) is 0.612. The Morgan fingerprint density at radius 3 is 2.13 bits per heavy atom. The molecule has 2 heterocycles. The number of nitrogens with zero attached hydrogens (tertiary/aromatic N) is 3. The fraction of sp³-hybridized carbons (Fsp3) is 0.160. The van der Waals surface area contributed by atoms with E-state index in [9.17, 15) is 9.59 Å². The normalized spacial score (nSPS) is 18.7. The van der Waals surface area contributed by atoms with Crippen LogP contribution in [-0.2, 0) is 10.3 Å². The van der Waals surface area contributed by atoms with Crippen molar-refractivity contribution in [1.29, 1.82) is 0 Å². The monoisotopic (exact) mass is 395 g/mol. The first-order chi connectivity index (χ1) is 14.5. The van der Waals surface area contributed by atoms with Gasteiger partial charge < -0.3 is 4.90 Å². The number of carbonyl (C=O) groups excluding carboxylic acids is 2. The largest absolute Gasteiger partial charge is 0.333 e. The topological polar surface area (TPSA) is 53.5 Å². The molecule has 0 saturated carbocycles. The summed E-state index contributed by atoms with van der Waals surface area (Å²) in [7, 11) is 1.72. The van der Waals surface area contributed by atoms with Crippen molar-refractivity contribution in [3.8, 4) is 11.8 Å². The highest BCUT2D eigenvalue weighted by Gasteiger charge is 2.46. The molecule has 1 fully saturated rings. The Labute approximate surface area is 176 Å². The molecular formula is C25H21N3O2. The number of benzene rings is 2. The summed E-state index contributed by atoms with van der Waals surface area (Å²) in [5, 5.41) is 0. The van der Waals surface area contributed by atoms with Crippen LogP contribution in [0.2, 0.25) is 0 Å². The summed E-state index contributed by atoms with van der Waals surface area (Å²) in [4.78, 5) is 33.1. The van der Waals surface area contributed by atoms with Crippen molar-refractivity contribution in [3.63, 3.8) is 0 Å². The molecule has 1 saturated heterocycles. The fourth-order valence-corrected chi connectivity index (χ4v) is 3.54. The fourth-order valence-electron chi connectivity index (χ4n) is 3.54. The molecule has 30 heavy (non-hydrogen) atoms. The van der Waals surface area contributed by atoms with Crippen LogP contribution in [0.5, 0.6) is 0 Å². The second-order valence-electron chi connectivity index (χ2n) is 7.41. The number of hydrogen-bond donors (Lipinski definition) is 0. The number of urea groups is 1. The second-order valence-corrected chi connectivity index (χ2v) is 7.41. The lowest BCUT2D eigenvalue weighted by atomic mass is 9.85. The van der Waals surface area contributed by atoms with Crippen LogP contribution in [0.15, 0.2) is 79.0 Å². The highest BCUT2D eigenvalue weighted by molar-refractivity contribution is 6.15. The van der Waals surface area contributed by atoms with Crippen LogP contribution >= 0.6 is 0 Å². The van der Waals surface area contributed by atoms with Crippen LogP contribution in [0.3, 0.4) is 0 Å². The minimum atomic E-state index is -0.701. The van der Waals surface area contributed by atoms with E-state index < -0.39 is 11.6 Å². The van der Waals surface area contributed by atoms with Gasteiger partial charge in [-0.2, -0.15) is 0 Å². The van der Waals surface area contributed by atoms with Crippen molar-refractivity contribution in [2.24, 2.45) is 0 Å². The van der Waals surface area contributed by atoms with Crippen LogP contribution in [0.1, 0.15) is 30.0 Å². The Balaban J connectivity index is 1.57. The van der Waals surface area contributed by atoms with Gasteiger partial charge in [0.2, 0.25) is 5.91 Å². The van der Waals surface area contributed by atoms with Crippen molar-refractivity contribution in [2.45, 2.75) is 18.9 Å². The zero-order chi connectivity index (χ0) is 21.1. The number of pyridine rings is 1. The third-order valence-corrected chi connectivity index (χ3v) is 5.46. The number of imide groups is 1. The Hall–Kier alpha value is -3.91. The predicted octanol–water partition coefficient (Wildman–Crippen LogP) is 4.19. The van der Waals surface area contributed by atoms with Crippen LogP contribution in [0.25, 0.3) is 0 Å². The smallest absolute Gasteiger partial charge is 0.317 e.